The monoisotopic (exact) mass is 594 g/mol. The molecule has 43 heavy (non-hydrogen) atoms. The second kappa shape index (κ2) is 13.5. The van der Waals surface area contributed by atoms with Gasteiger partial charge in [-0.15, -0.1) is 0 Å². The molecule has 4 rings (SSSR count). The van der Waals surface area contributed by atoms with Crippen LogP contribution in [0.15, 0.2) is 47.0 Å². The van der Waals surface area contributed by atoms with E-state index in [9.17, 15) is 19.5 Å². The maximum absolute atomic E-state index is 13.7. The van der Waals surface area contributed by atoms with E-state index < -0.39 is 18.2 Å². The fourth-order valence-electron chi connectivity index (χ4n) is 4.70. The number of carbonyl (C=O) groups is 3. The summed E-state index contributed by atoms with van der Waals surface area (Å²) in [5.41, 5.74) is 2.24. The first-order valence-corrected chi connectivity index (χ1v) is 13.9. The Balaban J connectivity index is 1.54. The largest absolute Gasteiger partial charge is 0.497 e. The standard InChI is InChI=1S/C30H38N6O7/c1-17-14-36(18(2)16-37)28(38)24-13-22(32-29(39)31-21-7-10-23(41-6)11-8-21)9-12-25(24)42-26(17)15-35(5)30(40)33-27-19(3)34-43-20(27)4/h7-13,17-18,26,37H,14-16H2,1-6H3,(H,33,40)(H2,31,32,39)/t17-,18+,26+/m1/s1. The van der Waals surface area contributed by atoms with Crippen LogP contribution in [0.25, 0.3) is 0 Å². The number of methoxy groups -OCH3 is 1. The zero-order valence-corrected chi connectivity index (χ0v) is 25.1. The maximum atomic E-state index is 13.7. The zero-order valence-electron chi connectivity index (χ0n) is 25.1. The van der Waals surface area contributed by atoms with Crippen molar-refractivity contribution in [3.8, 4) is 11.5 Å². The van der Waals surface area contributed by atoms with Crippen LogP contribution in [0.5, 0.6) is 11.5 Å². The van der Waals surface area contributed by atoms with Crippen molar-refractivity contribution in [3.05, 3.63) is 59.5 Å². The van der Waals surface area contributed by atoms with Crippen LogP contribution in [0, 0.1) is 19.8 Å². The number of aromatic nitrogens is 1. The van der Waals surface area contributed by atoms with E-state index in [-0.39, 0.29) is 43.1 Å². The number of ether oxygens (including phenoxy) is 2. The Morgan fingerprint density at radius 2 is 1.81 bits per heavy atom. The van der Waals surface area contributed by atoms with Gasteiger partial charge in [-0.05, 0) is 63.2 Å². The third kappa shape index (κ3) is 7.36. The van der Waals surface area contributed by atoms with Gasteiger partial charge in [0.2, 0.25) is 0 Å². The van der Waals surface area contributed by atoms with Gasteiger partial charge in [0.25, 0.3) is 5.91 Å². The minimum atomic E-state index is -0.502. The molecule has 0 bridgehead atoms. The van der Waals surface area contributed by atoms with Crippen molar-refractivity contribution in [2.24, 2.45) is 5.92 Å². The molecule has 13 nitrogen and oxygen atoms in total. The highest BCUT2D eigenvalue weighted by Gasteiger charge is 2.34. The molecule has 230 valence electrons. The van der Waals surface area contributed by atoms with E-state index in [0.717, 1.165) is 0 Å². The molecule has 3 atom stereocenters. The predicted molar refractivity (Wildman–Crippen MR) is 161 cm³/mol. The van der Waals surface area contributed by atoms with E-state index >= 15 is 0 Å². The van der Waals surface area contributed by atoms with Gasteiger partial charge >= 0.3 is 12.1 Å². The fraction of sp³-hybridized carbons (Fsp3) is 0.400. The van der Waals surface area contributed by atoms with Crippen LogP contribution in [0.4, 0.5) is 26.7 Å². The number of fused-ring (bicyclic) bond motifs is 1. The lowest BCUT2D eigenvalue weighted by Crippen LogP contribution is -2.50. The van der Waals surface area contributed by atoms with Crippen molar-refractivity contribution < 1.29 is 33.5 Å². The van der Waals surface area contributed by atoms with E-state index in [2.05, 4.69) is 21.1 Å². The first kappa shape index (κ1) is 31.2. The number of likely N-dealkylation sites (N-methyl/N-ethyl adjacent to an activating group) is 1. The second-order valence-electron chi connectivity index (χ2n) is 10.7. The van der Waals surface area contributed by atoms with Crippen LogP contribution >= 0.6 is 0 Å². The fourth-order valence-corrected chi connectivity index (χ4v) is 4.70. The molecule has 5 amide bonds. The van der Waals surface area contributed by atoms with Crippen LogP contribution in [0.1, 0.15) is 35.7 Å². The molecule has 13 heteroatoms. The third-order valence-corrected chi connectivity index (χ3v) is 7.34. The number of benzene rings is 2. The molecule has 2 aromatic carbocycles. The molecule has 4 N–H and O–H groups in total. The molecule has 0 aliphatic carbocycles. The van der Waals surface area contributed by atoms with Gasteiger partial charge in [0, 0.05) is 30.9 Å². The number of aliphatic hydroxyl groups excluding tert-OH is 1. The Kier molecular flexibility index (Phi) is 9.76. The SMILES string of the molecule is COc1ccc(NC(=O)Nc2ccc3c(c2)C(=O)N([C@@H](C)CO)C[C@@H](C)[C@H](CN(C)C(=O)Nc2c(C)noc2C)O3)cc1. The molecule has 0 unspecified atom stereocenters. The minimum absolute atomic E-state index is 0.200. The molecule has 1 aliphatic heterocycles. The average Bonchev–Trinajstić information content (AvgIpc) is 3.31. The summed E-state index contributed by atoms with van der Waals surface area (Å²) in [4.78, 5) is 42.5. The number of rotatable bonds is 8. The summed E-state index contributed by atoms with van der Waals surface area (Å²) in [5, 5.41) is 22.1. The molecule has 0 fully saturated rings. The van der Waals surface area contributed by atoms with Crippen molar-refractivity contribution in [1.29, 1.82) is 0 Å². The third-order valence-electron chi connectivity index (χ3n) is 7.34. The first-order valence-electron chi connectivity index (χ1n) is 13.9. The Morgan fingerprint density at radius 1 is 1.14 bits per heavy atom. The summed E-state index contributed by atoms with van der Waals surface area (Å²) in [5.74, 6) is 0.919. The lowest BCUT2D eigenvalue weighted by molar-refractivity contribution is 0.0371. The van der Waals surface area contributed by atoms with Crippen LogP contribution in [0.2, 0.25) is 0 Å². The summed E-state index contributed by atoms with van der Waals surface area (Å²) in [6, 6.07) is 10.3. The Labute approximate surface area is 250 Å². The second-order valence-corrected chi connectivity index (χ2v) is 10.7. The molecule has 1 aliphatic rings. The van der Waals surface area contributed by atoms with Gasteiger partial charge in [-0.2, -0.15) is 0 Å². The lowest BCUT2D eigenvalue weighted by Gasteiger charge is -2.38. The number of nitrogens with one attached hydrogen (secondary N) is 3. The van der Waals surface area contributed by atoms with Gasteiger partial charge < -0.3 is 44.9 Å². The number of nitrogens with zero attached hydrogens (tertiary/aromatic N) is 3. The molecule has 3 aromatic rings. The molecule has 0 radical (unpaired) electrons. The topological polar surface area (TPSA) is 158 Å². The highest BCUT2D eigenvalue weighted by atomic mass is 16.5. The molecule has 0 saturated carbocycles. The van der Waals surface area contributed by atoms with Crippen LogP contribution in [0.3, 0.4) is 0 Å². The van der Waals surface area contributed by atoms with E-state index in [0.29, 0.717) is 40.0 Å². The highest BCUT2D eigenvalue weighted by Crippen LogP contribution is 2.31. The van der Waals surface area contributed by atoms with Gasteiger partial charge in [0.05, 0.1) is 31.9 Å². The number of carbonyl (C=O) groups excluding carboxylic acids is 3. The van der Waals surface area contributed by atoms with E-state index in [1.165, 1.54) is 4.90 Å². The maximum Gasteiger partial charge on any atom is 0.323 e. The van der Waals surface area contributed by atoms with Crippen molar-refractivity contribution >= 4 is 35.0 Å². The minimum Gasteiger partial charge on any atom is -0.497 e. The van der Waals surface area contributed by atoms with Gasteiger partial charge in [-0.25, -0.2) is 9.59 Å². The summed E-state index contributed by atoms with van der Waals surface area (Å²) in [6.07, 6.45) is -0.502. The van der Waals surface area contributed by atoms with Crippen molar-refractivity contribution in [2.45, 2.75) is 39.8 Å². The number of anilines is 3. The Hall–Kier alpha value is -4.78. The number of aliphatic hydroxyl groups is 1. The van der Waals surface area contributed by atoms with Crippen LogP contribution in [-0.2, 0) is 0 Å². The lowest BCUT2D eigenvalue weighted by atomic mass is 9.99. The van der Waals surface area contributed by atoms with E-state index in [1.54, 1.807) is 82.3 Å². The number of hydrogen-bond acceptors (Lipinski definition) is 8. The molecular weight excluding hydrogens is 556 g/mol. The van der Waals surface area contributed by atoms with Gasteiger partial charge in [-0.1, -0.05) is 12.1 Å². The summed E-state index contributed by atoms with van der Waals surface area (Å²) >= 11 is 0. The van der Waals surface area contributed by atoms with Crippen LogP contribution < -0.4 is 25.4 Å². The molecular formula is C30H38N6O7. The smallest absolute Gasteiger partial charge is 0.323 e. The van der Waals surface area contributed by atoms with Crippen molar-refractivity contribution in [2.75, 3.05) is 49.8 Å². The van der Waals surface area contributed by atoms with E-state index in [1.807, 2.05) is 6.92 Å². The Morgan fingerprint density at radius 3 is 2.44 bits per heavy atom. The van der Waals surface area contributed by atoms with Crippen molar-refractivity contribution in [3.63, 3.8) is 0 Å². The van der Waals surface area contributed by atoms with Crippen LogP contribution in [-0.4, -0.2) is 84.0 Å². The highest BCUT2D eigenvalue weighted by molar-refractivity contribution is 6.02. The molecule has 0 spiro atoms. The normalized spacial score (nSPS) is 17.1. The zero-order chi connectivity index (χ0) is 31.3. The Bertz CT molecular complexity index is 1440. The van der Waals surface area contributed by atoms with E-state index in [4.69, 9.17) is 14.0 Å². The average molecular weight is 595 g/mol. The van der Waals surface area contributed by atoms with Gasteiger partial charge in [0.1, 0.15) is 29.0 Å². The molecule has 1 aromatic heterocycles. The first-order chi connectivity index (χ1) is 20.5. The van der Waals surface area contributed by atoms with Crippen molar-refractivity contribution in [1.82, 2.24) is 15.0 Å². The summed E-state index contributed by atoms with van der Waals surface area (Å²) in [6.45, 7) is 7.39. The molecule has 2 heterocycles. The summed E-state index contributed by atoms with van der Waals surface area (Å²) < 4.78 is 16.6. The number of urea groups is 2. The predicted octanol–water partition coefficient (Wildman–Crippen LogP) is 4.33. The number of aryl methyl sites for hydroxylation is 2. The van der Waals surface area contributed by atoms with Gasteiger partial charge in [0.15, 0.2) is 5.76 Å². The quantitative estimate of drug-likeness (QED) is 0.300. The number of amides is 5. The number of hydrogen-bond donors (Lipinski definition) is 4. The van der Waals surface area contributed by atoms with Gasteiger partial charge in [-0.3, -0.25) is 4.79 Å². The summed E-state index contributed by atoms with van der Waals surface area (Å²) in [7, 11) is 3.21. The molecule has 0 saturated heterocycles.